The predicted molar refractivity (Wildman–Crippen MR) is 325 cm³/mol. The van der Waals surface area contributed by atoms with Crippen LogP contribution in [0.25, 0.3) is 5.57 Å². The maximum Gasteiger partial charge on any atom is 0.252 e. The fourth-order valence-electron chi connectivity index (χ4n) is 13.0. The van der Waals surface area contributed by atoms with E-state index in [1.54, 1.807) is 0 Å². The van der Waals surface area contributed by atoms with E-state index in [2.05, 4.69) is 259 Å². The maximum atomic E-state index is 2.69. The first-order valence-electron chi connectivity index (χ1n) is 27.7. The Hall–Kier alpha value is -6.52. The average Bonchev–Trinajstić information content (AvgIpc) is 3.35. The third-order valence-electron chi connectivity index (χ3n) is 16.8. The molecule has 0 amide bonds. The second kappa shape index (κ2) is 19.0. The lowest BCUT2D eigenvalue weighted by atomic mass is 9.33. The van der Waals surface area contributed by atoms with Crippen LogP contribution in [0, 0.1) is 48.5 Å². The van der Waals surface area contributed by atoms with Gasteiger partial charge in [-0.2, -0.15) is 0 Å². The Balaban J connectivity index is 0.00000204. The van der Waals surface area contributed by atoms with E-state index in [9.17, 15) is 0 Å². The smallest absolute Gasteiger partial charge is 0.252 e. The zero-order chi connectivity index (χ0) is 52.8. The summed E-state index contributed by atoms with van der Waals surface area (Å²) in [5.41, 5.74) is 31.1. The molecule has 74 heavy (non-hydrogen) atoms. The van der Waals surface area contributed by atoms with Crippen molar-refractivity contribution in [1.29, 1.82) is 0 Å². The van der Waals surface area contributed by atoms with Gasteiger partial charge >= 0.3 is 0 Å². The molecule has 0 saturated carbocycles. The Morgan fingerprint density at radius 1 is 0.541 bits per heavy atom. The van der Waals surface area contributed by atoms with Crippen molar-refractivity contribution in [2.75, 3.05) is 14.7 Å². The highest BCUT2D eigenvalue weighted by Gasteiger charge is 2.47. The topological polar surface area (TPSA) is 9.72 Å². The maximum absolute atomic E-state index is 2.69. The minimum absolute atomic E-state index is 0.00670. The number of anilines is 9. The molecule has 2 heterocycles. The summed E-state index contributed by atoms with van der Waals surface area (Å²) in [5, 5.41) is 0. The van der Waals surface area contributed by atoms with Crippen molar-refractivity contribution < 1.29 is 0 Å². The SMILES string of the molecule is CCC.Cc1cc(C)c(N(c2ccc(C3=CCCC=C3)cc2)c2ccc3c(c2)N(c2c(C)cccc2C)c2cc(C(C)(C)C)cc4c2B3c2cc3c(cc2N4c2c(C)cccc2C)C(C)(C)CCC3(C)C)c(C)c1. The fourth-order valence-corrected chi connectivity index (χ4v) is 13.0. The molecule has 0 spiro atoms. The van der Waals surface area contributed by atoms with Gasteiger partial charge in [-0.15, -0.1) is 0 Å². The molecule has 4 aliphatic rings. The van der Waals surface area contributed by atoms with Crippen LogP contribution in [0.1, 0.15) is 156 Å². The molecule has 0 saturated heterocycles. The van der Waals surface area contributed by atoms with Gasteiger partial charge in [-0.25, -0.2) is 0 Å². The van der Waals surface area contributed by atoms with Gasteiger partial charge < -0.3 is 14.7 Å². The molecule has 7 aromatic carbocycles. The van der Waals surface area contributed by atoms with E-state index in [-0.39, 0.29) is 23.0 Å². The first kappa shape index (κ1) is 51.0. The van der Waals surface area contributed by atoms with Crippen LogP contribution in [0.5, 0.6) is 0 Å². The summed E-state index contributed by atoms with van der Waals surface area (Å²) in [6.45, 7) is 37.3. The number of allylic oxidation sites excluding steroid dienone is 4. The monoisotopic (exact) mass is 974 g/mol. The number of para-hydroxylation sites is 2. The summed E-state index contributed by atoms with van der Waals surface area (Å²) < 4.78 is 0. The molecule has 0 aromatic heterocycles. The van der Waals surface area contributed by atoms with Gasteiger partial charge in [0, 0.05) is 34.1 Å². The van der Waals surface area contributed by atoms with E-state index in [0.717, 1.165) is 37.1 Å². The van der Waals surface area contributed by atoms with Crippen molar-refractivity contribution in [2.45, 2.75) is 159 Å². The van der Waals surface area contributed by atoms with E-state index in [4.69, 9.17) is 0 Å². The molecule has 11 rings (SSSR count). The van der Waals surface area contributed by atoms with Gasteiger partial charge in [-0.05, 0) is 210 Å². The van der Waals surface area contributed by atoms with Gasteiger partial charge in [0.1, 0.15) is 0 Å². The molecule has 2 aliphatic carbocycles. The van der Waals surface area contributed by atoms with E-state index in [1.807, 2.05) is 0 Å². The minimum Gasteiger partial charge on any atom is -0.311 e. The van der Waals surface area contributed by atoms with Crippen molar-refractivity contribution in [3.8, 4) is 0 Å². The Morgan fingerprint density at radius 2 is 1.04 bits per heavy atom. The number of nitrogens with zero attached hydrogens (tertiary/aromatic N) is 3. The zero-order valence-corrected chi connectivity index (χ0v) is 47.7. The lowest BCUT2D eigenvalue weighted by molar-refractivity contribution is 0.332. The molecule has 0 atom stereocenters. The fraction of sp³-hybridized carbons (Fsp3) is 0.343. The number of fused-ring (bicyclic) bond motifs is 5. The van der Waals surface area contributed by atoms with Crippen LogP contribution in [-0.4, -0.2) is 6.71 Å². The number of rotatable bonds is 6. The minimum atomic E-state index is -0.128. The molecule has 4 heteroatoms. The van der Waals surface area contributed by atoms with Crippen LogP contribution >= 0.6 is 0 Å². The largest absolute Gasteiger partial charge is 0.311 e. The van der Waals surface area contributed by atoms with E-state index < -0.39 is 0 Å². The summed E-state index contributed by atoms with van der Waals surface area (Å²) in [4.78, 5) is 7.90. The Bertz CT molecular complexity index is 3350. The highest BCUT2D eigenvalue weighted by Crippen LogP contribution is 2.53. The molecule has 378 valence electrons. The van der Waals surface area contributed by atoms with E-state index in [0.29, 0.717) is 0 Å². The van der Waals surface area contributed by atoms with Gasteiger partial charge in [0.15, 0.2) is 0 Å². The summed E-state index contributed by atoms with van der Waals surface area (Å²) in [6, 6.07) is 45.6. The predicted octanol–water partition coefficient (Wildman–Crippen LogP) is 18.2. The van der Waals surface area contributed by atoms with E-state index >= 15 is 0 Å². The normalized spacial score (nSPS) is 15.8. The van der Waals surface area contributed by atoms with Crippen LogP contribution < -0.4 is 31.1 Å². The molecule has 0 bridgehead atoms. The Labute approximate surface area is 446 Å². The van der Waals surface area contributed by atoms with Gasteiger partial charge in [0.25, 0.3) is 6.71 Å². The third-order valence-corrected chi connectivity index (χ3v) is 16.8. The molecule has 0 N–H and O–H groups in total. The van der Waals surface area contributed by atoms with Gasteiger partial charge in [-0.3, -0.25) is 0 Å². The lowest BCUT2D eigenvalue weighted by Crippen LogP contribution is -2.62. The molecule has 0 fully saturated rings. The third kappa shape index (κ3) is 8.64. The average molecular weight is 974 g/mol. The Kier molecular flexibility index (Phi) is 13.1. The van der Waals surface area contributed by atoms with Gasteiger partial charge in [0.05, 0.1) is 17.1 Å². The van der Waals surface area contributed by atoms with Crippen molar-refractivity contribution >= 4 is 79.9 Å². The molecular weight excluding hydrogens is 894 g/mol. The van der Waals surface area contributed by atoms with Crippen molar-refractivity contribution in [3.63, 3.8) is 0 Å². The van der Waals surface area contributed by atoms with Crippen LogP contribution in [0.2, 0.25) is 0 Å². The molecule has 0 unspecified atom stereocenters. The first-order chi connectivity index (χ1) is 35.1. The zero-order valence-electron chi connectivity index (χ0n) is 47.7. The molecule has 7 aromatic rings. The van der Waals surface area contributed by atoms with Gasteiger partial charge in [-0.1, -0.05) is 165 Å². The van der Waals surface area contributed by atoms with Crippen molar-refractivity contribution in [3.05, 3.63) is 195 Å². The summed E-state index contributed by atoms with van der Waals surface area (Å²) in [6.07, 6.45) is 12.7. The first-order valence-corrected chi connectivity index (χ1v) is 27.7. The van der Waals surface area contributed by atoms with Crippen LogP contribution in [0.15, 0.2) is 133 Å². The van der Waals surface area contributed by atoms with Crippen LogP contribution in [0.4, 0.5) is 51.2 Å². The molecule has 3 nitrogen and oxygen atoms in total. The highest BCUT2D eigenvalue weighted by molar-refractivity contribution is 7.00. The van der Waals surface area contributed by atoms with Crippen molar-refractivity contribution in [2.24, 2.45) is 0 Å². The van der Waals surface area contributed by atoms with Crippen LogP contribution in [0.3, 0.4) is 0 Å². The van der Waals surface area contributed by atoms with Crippen LogP contribution in [-0.2, 0) is 16.2 Å². The second-order valence-electron chi connectivity index (χ2n) is 24.7. The Morgan fingerprint density at radius 3 is 1.54 bits per heavy atom. The highest BCUT2D eigenvalue weighted by atomic mass is 15.2. The summed E-state index contributed by atoms with van der Waals surface area (Å²) >= 11 is 0. The molecular formula is C70H80BN3. The molecule has 2 aliphatic heterocycles. The summed E-state index contributed by atoms with van der Waals surface area (Å²) in [7, 11) is 0. The lowest BCUT2D eigenvalue weighted by Gasteiger charge is -2.48. The van der Waals surface area contributed by atoms with E-state index in [1.165, 1.54) is 129 Å². The standard InChI is InChI=1S/C67H72BN3.C3H8/c1-41-34-46(6)64(47(7)35-41)69(51-28-26-49(27-29-51)48-24-16-15-17-25-48)52-30-31-55-57(38-52)70(62-42(2)20-18-21-43(62)3)59-36-50(65(8,9)10)37-60-61(59)68(55)56-39-53-54(67(13,14)33-32-66(53,11)12)40-58(56)71(60)63-44(4)22-19-23-45(63)5;1-3-2/h16,18-31,34-40H,15,17,32-33H2,1-14H3;3H2,1-2H3. The number of hydrogen-bond donors (Lipinski definition) is 0. The number of aryl methyl sites for hydroxylation is 7. The number of hydrogen-bond acceptors (Lipinski definition) is 3. The van der Waals surface area contributed by atoms with Gasteiger partial charge in [0.2, 0.25) is 0 Å². The quantitative estimate of drug-likeness (QED) is 0.154. The summed E-state index contributed by atoms with van der Waals surface area (Å²) in [5.74, 6) is 0. The second-order valence-corrected chi connectivity index (χ2v) is 24.7. The number of benzene rings is 7. The molecule has 0 radical (unpaired) electrons. The van der Waals surface area contributed by atoms with Crippen molar-refractivity contribution in [1.82, 2.24) is 0 Å².